The second kappa shape index (κ2) is 4.24. The van der Waals surface area contributed by atoms with Crippen LogP contribution in [-0.4, -0.2) is 11.1 Å². The van der Waals surface area contributed by atoms with E-state index in [-0.39, 0.29) is 0 Å². The van der Waals surface area contributed by atoms with Gasteiger partial charge in [0.05, 0.1) is 5.92 Å². The van der Waals surface area contributed by atoms with E-state index in [1.54, 1.807) is 6.92 Å². The van der Waals surface area contributed by atoms with E-state index >= 15 is 0 Å². The zero-order valence-corrected chi connectivity index (χ0v) is 8.40. The number of benzene rings is 1. The summed E-state index contributed by atoms with van der Waals surface area (Å²) in [6.45, 7) is 3.60. The molecule has 0 saturated heterocycles. The quantitative estimate of drug-likeness (QED) is 0.768. The Morgan fingerprint density at radius 1 is 1.36 bits per heavy atom. The monoisotopic (exact) mass is 193 g/mol. The third-order valence-electron chi connectivity index (χ3n) is 2.39. The van der Waals surface area contributed by atoms with Gasteiger partial charge in [-0.05, 0) is 12.5 Å². The van der Waals surface area contributed by atoms with Gasteiger partial charge < -0.3 is 10.8 Å². The first kappa shape index (κ1) is 10.7. The zero-order valence-electron chi connectivity index (χ0n) is 8.40. The molecule has 0 amide bonds. The maximum Gasteiger partial charge on any atom is 0.308 e. The van der Waals surface area contributed by atoms with E-state index in [0.717, 1.165) is 11.1 Å². The van der Waals surface area contributed by atoms with Gasteiger partial charge in [0.1, 0.15) is 0 Å². The van der Waals surface area contributed by atoms with Crippen molar-refractivity contribution in [1.82, 2.24) is 0 Å². The standard InChI is InChI=1S/C11H15NO2/c1-7-3-5-9(6-4-7)10(12)8(2)11(13)14/h3-6,8,10H,12H2,1-2H3,(H,13,14)/t8-,10+/m1/s1. The van der Waals surface area contributed by atoms with E-state index in [1.165, 1.54) is 0 Å². The van der Waals surface area contributed by atoms with Crippen molar-refractivity contribution in [3.63, 3.8) is 0 Å². The molecule has 0 aromatic heterocycles. The SMILES string of the molecule is Cc1ccc([C@@H](N)[C@@H](C)C(=O)O)cc1. The van der Waals surface area contributed by atoms with E-state index in [2.05, 4.69) is 0 Å². The summed E-state index contributed by atoms with van der Waals surface area (Å²) in [5, 5.41) is 8.79. The van der Waals surface area contributed by atoms with Crippen LogP contribution in [-0.2, 0) is 4.79 Å². The van der Waals surface area contributed by atoms with Gasteiger partial charge in [0.15, 0.2) is 0 Å². The predicted molar refractivity (Wildman–Crippen MR) is 54.9 cm³/mol. The smallest absolute Gasteiger partial charge is 0.308 e. The Kier molecular flexibility index (Phi) is 3.25. The third-order valence-corrected chi connectivity index (χ3v) is 2.39. The van der Waals surface area contributed by atoms with Crippen molar-refractivity contribution in [3.05, 3.63) is 35.4 Å². The highest BCUT2D eigenvalue weighted by Crippen LogP contribution is 2.19. The number of carboxylic acids is 1. The van der Waals surface area contributed by atoms with Gasteiger partial charge in [-0.2, -0.15) is 0 Å². The molecule has 0 aliphatic heterocycles. The fourth-order valence-electron chi connectivity index (χ4n) is 1.23. The van der Waals surface area contributed by atoms with E-state index < -0.39 is 17.9 Å². The molecule has 1 rings (SSSR count). The minimum absolute atomic E-state index is 0.437. The highest BCUT2D eigenvalue weighted by Gasteiger charge is 2.20. The molecule has 0 radical (unpaired) electrons. The van der Waals surface area contributed by atoms with Gasteiger partial charge >= 0.3 is 5.97 Å². The summed E-state index contributed by atoms with van der Waals surface area (Å²) in [6, 6.07) is 7.18. The number of carboxylic acid groups (broad SMARTS) is 1. The van der Waals surface area contributed by atoms with Crippen molar-refractivity contribution in [2.24, 2.45) is 11.7 Å². The Labute approximate surface area is 83.6 Å². The number of rotatable bonds is 3. The van der Waals surface area contributed by atoms with Crippen LogP contribution in [0.5, 0.6) is 0 Å². The average Bonchev–Trinajstić information content (AvgIpc) is 2.16. The molecule has 0 fully saturated rings. The summed E-state index contributed by atoms with van der Waals surface area (Å²) in [6.07, 6.45) is 0. The second-order valence-corrected chi connectivity index (χ2v) is 3.56. The van der Waals surface area contributed by atoms with Gasteiger partial charge in [-0.3, -0.25) is 4.79 Å². The lowest BCUT2D eigenvalue weighted by Gasteiger charge is -2.16. The maximum absolute atomic E-state index is 10.7. The van der Waals surface area contributed by atoms with Crippen molar-refractivity contribution >= 4 is 5.97 Å². The summed E-state index contributed by atoms with van der Waals surface area (Å²) in [7, 11) is 0. The van der Waals surface area contributed by atoms with E-state index in [4.69, 9.17) is 10.8 Å². The summed E-state index contributed by atoms with van der Waals surface area (Å²) in [4.78, 5) is 10.7. The van der Waals surface area contributed by atoms with Crippen molar-refractivity contribution in [1.29, 1.82) is 0 Å². The van der Waals surface area contributed by atoms with Gasteiger partial charge in [-0.1, -0.05) is 36.8 Å². The first-order valence-corrected chi connectivity index (χ1v) is 4.57. The number of aryl methyl sites for hydroxylation is 1. The van der Waals surface area contributed by atoms with Crippen LogP contribution in [0.15, 0.2) is 24.3 Å². The molecular formula is C11H15NO2. The number of hydrogen-bond donors (Lipinski definition) is 2. The van der Waals surface area contributed by atoms with Crippen LogP contribution in [0.4, 0.5) is 0 Å². The van der Waals surface area contributed by atoms with Crippen LogP contribution in [0.3, 0.4) is 0 Å². The van der Waals surface area contributed by atoms with Crippen LogP contribution >= 0.6 is 0 Å². The molecule has 0 aliphatic rings. The molecule has 14 heavy (non-hydrogen) atoms. The normalized spacial score (nSPS) is 14.8. The molecule has 0 saturated carbocycles. The molecule has 1 aromatic carbocycles. The maximum atomic E-state index is 10.7. The molecule has 0 bridgehead atoms. The molecule has 3 nitrogen and oxygen atoms in total. The van der Waals surface area contributed by atoms with Crippen molar-refractivity contribution < 1.29 is 9.90 Å². The Morgan fingerprint density at radius 2 is 1.86 bits per heavy atom. The molecule has 3 heteroatoms. The van der Waals surface area contributed by atoms with Crippen LogP contribution in [0.1, 0.15) is 24.1 Å². The minimum atomic E-state index is -0.863. The number of carbonyl (C=O) groups is 1. The fourth-order valence-corrected chi connectivity index (χ4v) is 1.23. The lowest BCUT2D eigenvalue weighted by molar-refractivity contribution is -0.141. The number of hydrogen-bond acceptors (Lipinski definition) is 2. The minimum Gasteiger partial charge on any atom is -0.481 e. The highest BCUT2D eigenvalue weighted by molar-refractivity contribution is 5.70. The molecule has 76 valence electrons. The average molecular weight is 193 g/mol. The molecule has 0 heterocycles. The molecule has 1 aromatic rings. The van der Waals surface area contributed by atoms with E-state index in [9.17, 15) is 4.79 Å². The van der Waals surface area contributed by atoms with Crippen LogP contribution in [0.25, 0.3) is 0 Å². The molecular weight excluding hydrogens is 178 g/mol. The Morgan fingerprint density at radius 3 is 2.29 bits per heavy atom. The molecule has 3 N–H and O–H groups in total. The first-order valence-electron chi connectivity index (χ1n) is 4.57. The molecule has 0 spiro atoms. The van der Waals surface area contributed by atoms with Crippen LogP contribution in [0, 0.1) is 12.8 Å². The Balaban J connectivity index is 2.84. The Bertz CT molecular complexity index is 319. The van der Waals surface area contributed by atoms with E-state index in [0.29, 0.717) is 0 Å². The van der Waals surface area contributed by atoms with Crippen molar-refractivity contribution in [2.75, 3.05) is 0 Å². The third kappa shape index (κ3) is 2.33. The first-order chi connectivity index (χ1) is 6.52. The largest absolute Gasteiger partial charge is 0.481 e. The highest BCUT2D eigenvalue weighted by atomic mass is 16.4. The van der Waals surface area contributed by atoms with Crippen LogP contribution in [0.2, 0.25) is 0 Å². The lowest BCUT2D eigenvalue weighted by Crippen LogP contribution is -2.25. The van der Waals surface area contributed by atoms with Gasteiger partial charge in [0.2, 0.25) is 0 Å². The molecule has 2 atom stereocenters. The zero-order chi connectivity index (χ0) is 10.7. The molecule has 0 aliphatic carbocycles. The van der Waals surface area contributed by atoms with Crippen LogP contribution < -0.4 is 5.73 Å². The second-order valence-electron chi connectivity index (χ2n) is 3.56. The fraction of sp³-hybridized carbons (Fsp3) is 0.364. The summed E-state index contributed by atoms with van der Waals surface area (Å²) < 4.78 is 0. The number of aliphatic carboxylic acids is 1. The Hall–Kier alpha value is -1.35. The van der Waals surface area contributed by atoms with Gasteiger partial charge in [0, 0.05) is 6.04 Å². The molecule has 0 unspecified atom stereocenters. The van der Waals surface area contributed by atoms with Gasteiger partial charge in [-0.25, -0.2) is 0 Å². The summed E-state index contributed by atoms with van der Waals surface area (Å²) >= 11 is 0. The topological polar surface area (TPSA) is 63.3 Å². The lowest BCUT2D eigenvalue weighted by atomic mass is 9.95. The predicted octanol–water partition coefficient (Wildman–Crippen LogP) is 1.72. The number of nitrogens with two attached hydrogens (primary N) is 1. The summed E-state index contributed by atoms with van der Waals surface area (Å²) in [5.74, 6) is -1.42. The van der Waals surface area contributed by atoms with E-state index in [1.807, 2.05) is 31.2 Å². The summed E-state index contributed by atoms with van der Waals surface area (Å²) in [5.41, 5.74) is 7.82. The van der Waals surface area contributed by atoms with Crippen molar-refractivity contribution in [2.45, 2.75) is 19.9 Å². The van der Waals surface area contributed by atoms with Gasteiger partial charge in [0.25, 0.3) is 0 Å². The van der Waals surface area contributed by atoms with Crippen molar-refractivity contribution in [3.8, 4) is 0 Å². The van der Waals surface area contributed by atoms with Gasteiger partial charge in [-0.15, -0.1) is 0 Å².